The molecule has 1 aromatic heterocycles. The van der Waals surface area contributed by atoms with Gasteiger partial charge in [0.25, 0.3) is 0 Å². The number of hydrogen-bond acceptors (Lipinski definition) is 5. The molecule has 1 N–H and O–H groups in total. The minimum Gasteiger partial charge on any atom is -0.481 e. The van der Waals surface area contributed by atoms with Crippen LogP contribution in [0.3, 0.4) is 0 Å². The van der Waals surface area contributed by atoms with Gasteiger partial charge >= 0.3 is 12.1 Å². The maximum absolute atomic E-state index is 12.5. The Labute approximate surface area is 118 Å². The number of carbonyl (C=O) groups is 1. The summed E-state index contributed by atoms with van der Waals surface area (Å²) >= 11 is 0.911. The number of alkyl halides is 3. The fraction of sp³-hybridized carbons (Fsp3) is 0.700. The molecule has 0 fully saturated rings. The van der Waals surface area contributed by atoms with Crippen LogP contribution in [-0.2, 0) is 11.8 Å². The van der Waals surface area contributed by atoms with E-state index in [4.69, 9.17) is 5.11 Å². The molecular weight excluding hydrogens is 297 g/mol. The van der Waals surface area contributed by atoms with Crippen LogP contribution < -0.4 is 4.90 Å². The van der Waals surface area contributed by atoms with Crippen LogP contribution in [0, 0.1) is 0 Å². The predicted molar refractivity (Wildman–Crippen MR) is 67.9 cm³/mol. The number of aromatic nitrogens is 3. The van der Waals surface area contributed by atoms with Crippen molar-refractivity contribution in [1.29, 1.82) is 0 Å². The summed E-state index contributed by atoms with van der Waals surface area (Å²) in [6.45, 7) is 0.839. The van der Waals surface area contributed by atoms with Crippen molar-refractivity contribution in [2.24, 2.45) is 7.05 Å². The van der Waals surface area contributed by atoms with E-state index in [1.54, 1.807) is 6.92 Å². The van der Waals surface area contributed by atoms with Crippen molar-refractivity contribution in [3.05, 3.63) is 0 Å². The van der Waals surface area contributed by atoms with Crippen LogP contribution in [0.2, 0.25) is 0 Å². The fourth-order valence-corrected chi connectivity index (χ4v) is 2.20. The summed E-state index contributed by atoms with van der Waals surface area (Å²) in [6, 6.07) is 0. The molecule has 0 atom stereocenters. The molecule has 0 saturated carbocycles. The van der Waals surface area contributed by atoms with Crippen LogP contribution >= 0.6 is 11.8 Å². The molecular formula is C10H15F3N4O2S. The van der Waals surface area contributed by atoms with Gasteiger partial charge in [-0.25, -0.2) is 0 Å². The van der Waals surface area contributed by atoms with E-state index >= 15 is 0 Å². The van der Waals surface area contributed by atoms with Gasteiger partial charge in [-0.2, -0.15) is 13.2 Å². The number of thioether (sulfide) groups is 1. The zero-order valence-electron chi connectivity index (χ0n) is 11.0. The monoisotopic (exact) mass is 312 g/mol. The quantitative estimate of drug-likeness (QED) is 0.774. The van der Waals surface area contributed by atoms with Crippen LogP contribution in [0.25, 0.3) is 0 Å². The highest BCUT2D eigenvalue weighted by Crippen LogP contribution is 2.24. The summed E-state index contributed by atoms with van der Waals surface area (Å²) in [7, 11) is 1.51. The molecule has 0 bridgehead atoms. The number of aliphatic carboxylic acids is 1. The first-order valence-corrected chi connectivity index (χ1v) is 6.78. The number of nitrogens with zero attached hydrogens (tertiary/aromatic N) is 4. The van der Waals surface area contributed by atoms with Crippen LogP contribution in [0.4, 0.5) is 19.1 Å². The summed E-state index contributed by atoms with van der Waals surface area (Å²) in [6.07, 6.45) is -3.81. The van der Waals surface area contributed by atoms with E-state index in [0.717, 1.165) is 16.7 Å². The lowest BCUT2D eigenvalue weighted by Crippen LogP contribution is -2.36. The summed E-state index contributed by atoms with van der Waals surface area (Å²) in [5.41, 5.74) is 0. The second kappa shape index (κ2) is 6.82. The van der Waals surface area contributed by atoms with E-state index < -0.39 is 18.7 Å². The minimum atomic E-state index is -4.34. The molecule has 10 heteroatoms. The zero-order chi connectivity index (χ0) is 15.3. The van der Waals surface area contributed by atoms with Gasteiger partial charge in [-0.3, -0.25) is 9.36 Å². The Kier molecular flexibility index (Phi) is 5.66. The summed E-state index contributed by atoms with van der Waals surface area (Å²) < 4.78 is 38.9. The number of hydrogen-bond donors (Lipinski definition) is 1. The molecule has 0 aliphatic carbocycles. The molecule has 1 aromatic rings. The normalized spacial score (nSPS) is 11.7. The highest BCUT2D eigenvalue weighted by atomic mass is 32.2. The topological polar surface area (TPSA) is 71.2 Å². The van der Waals surface area contributed by atoms with E-state index in [9.17, 15) is 18.0 Å². The number of carboxylic acids is 1. The number of rotatable bonds is 7. The number of anilines is 1. The maximum atomic E-state index is 12.5. The van der Waals surface area contributed by atoms with Gasteiger partial charge < -0.3 is 10.0 Å². The lowest BCUT2D eigenvalue weighted by atomic mass is 10.4. The Morgan fingerprint density at radius 2 is 2.10 bits per heavy atom. The molecule has 1 heterocycles. The second-order valence-corrected chi connectivity index (χ2v) is 5.00. The molecule has 0 spiro atoms. The van der Waals surface area contributed by atoms with Crippen molar-refractivity contribution in [3.8, 4) is 0 Å². The molecule has 0 unspecified atom stereocenters. The molecule has 6 nitrogen and oxygen atoms in total. The van der Waals surface area contributed by atoms with E-state index in [1.165, 1.54) is 11.6 Å². The SMILES string of the molecule is CCCN(CC(F)(F)F)c1nnc(SCC(=O)O)n1C. The molecule has 0 amide bonds. The van der Waals surface area contributed by atoms with Crippen LogP contribution in [0.1, 0.15) is 13.3 Å². The highest BCUT2D eigenvalue weighted by Gasteiger charge is 2.32. The van der Waals surface area contributed by atoms with Gasteiger partial charge in [0.1, 0.15) is 6.54 Å². The Balaban J connectivity index is 2.89. The van der Waals surface area contributed by atoms with Gasteiger partial charge in [0.2, 0.25) is 5.95 Å². The lowest BCUT2D eigenvalue weighted by molar-refractivity contribution is -0.134. The van der Waals surface area contributed by atoms with Crippen molar-refractivity contribution >= 4 is 23.7 Å². The molecule has 0 radical (unpaired) electrons. The summed E-state index contributed by atoms with van der Waals surface area (Å²) in [4.78, 5) is 11.6. The molecule has 0 aliphatic heterocycles. The first kappa shape index (κ1) is 16.6. The van der Waals surface area contributed by atoms with Crippen LogP contribution in [-0.4, -0.2) is 50.9 Å². The van der Waals surface area contributed by atoms with Crippen molar-refractivity contribution in [1.82, 2.24) is 14.8 Å². The molecule has 1 rings (SSSR count). The first-order valence-electron chi connectivity index (χ1n) is 5.80. The summed E-state index contributed by atoms with van der Waals surface area (Å²) in [5, 5.41) is 16.3. The first-order chi connectivity index (χ1) is 9.24. The standard InChI is InChI=1S/C10H15F3N4O2S/c1-3-4-17(6-10(11,12)13)8-14-15-9(16(8)2)20-5-7(18)19/h3-6H2,1-2H3,(H,18,19). The van der Waals surface area contributed by atoms with Gasteiger partial charge in [-0.05, 0) is 6.42 Å². The van der Waals surface area contributed by atoms with Crippen LogP contribution in [0.5, 0.6) is 0 Å². The predicted octanol–water partition coefficient (Wildman–Crippen LogP) is 1.77. The smallest absolute Gasteiger partial charge is 0.406 e. The third kappa shape index (κ3) is 4.91. The third-order valence-electron chi connectivity index (χ3n) is 2.28. The minimum absolute atomic E-state index is 0.0806. The Bertz CT molecular complexity index is 464. The van der Waals surface area contributed by atoms with E-state index in [2.05, 4.69) is 10.2 Å². The van der Waals surface area contributed by atoms with Crippen molar-refractivity contribution in [3.63, 3.8) is 0 Å². The van der Waals surface area contributed by atoms with E-state index in [0.29, 0.717) is 6.42 Å². The third-order valence-corrected chi connectivity index (χ3v) is 3.29. The molecule has 20 heavy (non-hydrogen) atoms. The lowest BCUT2D eigenvalue weighted by Gasteiger charge is -2.23. The number of carboxylic acid groups (broad SMARTS) is 1. The van der Waals surface area contributed by atoms with Gasteiger partial charge in [0.05, 0.1) is 5.75 Å². The van der Waals surface area contributed by atoms with Crippen molar-refractivity contribution in [2.45, 2.75) is 24.7 Å². The highest BCUT2D eigenvalue weighted by molar-refractivity contribution is 7.99. The Hall–Kier alpha value is -1.45. The zero-order valence-corrected chi connectivity index (χ0v) is 11.8. The van der Waals surface area contributed by atoms with Crippen molar-refractivity contribution < 1.29 is 23.1 Å². The van der Waals surface area contributed by atoms with Gasteiger partial charge in [-0.15, -0.1) is 10.2 Å². The van der Waals surface area contributed by atoms with E-state index in [-0.39, 0.29) is 23.4 Å². The summed E-state index contributed by atoms with van der Waals surface area (Å²) in [5.74, 6) is -1.17. The Morgan fingerprint density at radius 1 is 1.45 bits per heavy atom. The van der Waals surface area contributed by atoms with Gasteiger partial charge in [-0.1, -0.05) is 18.7 Å². The number of halogens is 3. The Morgan fingerprint density at radius 3 is 2.60 bits per heavy atom. The van der Waals surface area contributed by atoms with Gasteiger partial charge in [0.15, 0.2) is 5.16 Å². The average Bonchev–Trinajstić information content (AvgIpc) is 2.65. The van der Waals surface area contributed by atoms with E-state index in [1.807, 2.05) is 0 Å². The molecule has 0 aromatic carbocycles. The maximum Gasteiger partial charge on any atom is 0.406 e. The molecule has 0 saturated heterocycles. The largest absolute Gasteiger partial charge is 0.481 e. The fourth-order valence-electron chi connectivity index (χ4n) is 1.57. The molecule has 114 valence electrons. The van der Waals surface area contributed by atoms with Gasteiger partial charge in [0, 0.05) is 13.6 Å². The van der Waals surface area contributed by atoms with Crippen LogP contribution in [0.15, 0.2) is 5.16 Å². The average molecular weight is 312 g/mol. The second-order valence-electron chi connectivity index (χ2n) is 4.06. The van der Waals surface area contributed by atoms with Crippen molar-refractivity contribution in [2.75, 3.05) is 23.7 Å². The molecule has 0 aliphatic rings.